The Bertz CT molecular complexity index is 619. The second kappa shape index (κ2) is 8.75. The number of carboxylic acid groups (broad SMARTS) is 1. The van der Waals surface area contributed by atoms with E-state index in [9.17, 15) is 18.4 Å². The van der Waals surface area contributed by atoms with Gasteiger partial charge in [0.2, 0.25) is 0 Å². The molecule has 2 amide bonds. The van der Waals surface area contributed by atoms with Crippen LogP contribution in [0.25, 0.3) is 0 Å². The fourth-order valence-electron chi connectivity index (χ4n) is 2.90. The Hall–Kier alpha value is -2.22. The number of benzene rings is 1. The lowest BCUT2D eigenvalue weighted by Crippen LogP contribution is -2.52. The Kier molecular flexibility index (Phi) is 6.69. The minimum absolute atomic E-state index is 0.0226. The Morgan fingerprint density at radius 1 is 1.24 bits per heavy atom. The van der Waals surface area contributed by atoms with E-state index in [1.807, 2.05) is 11.8 Å². The Morgan fingerprint density at radius 3 is 2.52 bits per heavy atom. The number of carbonyl (C=O) groups is 2. The van der Waals surface area contributed by atoms with Crippen LogP contribution in [0.15, 0.2) is 18.2 Å². The molecule has 1 aromatic carbocycles. The van der Waals surface area contributed by atoms with Crippen molar-refractivity contribution in [3.05, 3.63) is 35.4 Å². The number of aliphatic carboxylic acids is 1. The molecule has 138 valence electrons. The van der Waals surface area contributed by atoms with Gasteiger partial charge in [0.25, 0.3) is 0 Å². The minimum Gasteiger partial charge on any atom is -0.481 e. The van der Waals surface area contributed by atoms with Crippen LogP contribution in [0.5, 0.6) is 0 Å². The number of amides is 2. The molecule has 0 saturated carbocycles. The smallest absolute Gasteiger partial charge is 0.317 e. The quantitative estimate of drug-likeness (QED) is 0.768. The maximum atomic E-state index is 13.9. The summed E-state index contributed by atoms with van der Waals surface area (Å²) in [6.07, 6.45) is 0.413. The molecule has 0 radical (unpaired) electrons. The summed E-state index contributed by atoms with van der Waals surface area (Å²) in [6.45, 7) is 4.34. The van der Waals surface area contributed by atoms with E-state index >= 15 is 0 Å². The topological polar surface area (TPSA) is 72.9 Å². The fourth-order valence-corrected chi connectivity index (χ4v) is 2.90. The molecule has 1 aromatic rings. The number of rotatable bonds is 6. The molecule has 25 heavy (non-hydrogen) atoms. The molecule has 2 N–H and O–H groups in total. The summed E-state index contributed by atoms with van der Waals surface area (Å²) in [5.74, 6) is -2.05. The number of carboxylic acids is 1. The lowest BCUT2D eigenvalue weighted by atomic mass is 10.1. The number of hydrogen-bond donors (Lipinski definition) is 2. The van der Waals surface area contributed by atoms with Crippen LogP contribution in [0.1, 0.15) is 31.4 Å². The zero-order valence-corrected chi connectivity index (χ0v) is 14.2. The second-order valence-electron chi connectivity index (χ2n) is 6.09. The summed E-state index contributed by atoms with van der Waals surface area (Å²) >= 11 is 0. The standard InChI is InChI=1S/C17H23F2N3O3/c1-12(14-5-4-13(18)11-15(14)19)21-7-9-22(10-8-21)17(25)20-6-2-3-16(23)24/h4-5,11-12H,2-3,6-10H2,1H3,(H,20,25)(H,23,24). The van der Waals surface area contributed by atoms with Crippen LogP contribution >= 0.6 is 0 Å². The number of hydrogen-bond acceptors (Lipinski definition) is 3. The largest absolute Gasteiger partial charge is 0.481 e. The van der Waals surface area contributed by atoms with Crippen LogP contribution in [0, 0.1) is 11.6 Å². The van der Waals surface area contributed by atoms with E-state index in [1.54, 1.807) is 4.90 Å². The van der Waals surface area contributed by atoms with Crippen molar-refractivity contribution in [2.24, 2.45) is 0 Å². The second-order valence-corrected chi connectivity index (χ2v) is 6.09. The number of nitrogens with zero attached hydrogens (tertiary/aromatic N) is 2. The molecule has 6 nitrogen and oxygen atoms in total. The lowest BCUT2D eigenvalue weighted by Gasteiger charge is -2.38. The zero-order chi connectivity index (χ0) is 18.4. The molecule has 1 saturated heterocycles. The Labute approximate surface area is 145 Å². The van der Waals surface area contributed by atoms with Gasteiger partial charge >= 0.3 is 12.0 Å². The maximum absolute atomic E-state index is 13.9. The van der Waals surface area contributed by atoms with Crippen molar-refractivity contribution >= 4 is 12.0 Å². The number of nitrogens with one attached hydrogen (secondary N) is 1. The highest BCUT2D eigenvalue weighted by Gasteiger charge is 2.26. The Balaban J connectivity index is 1.80. The fraction of sp³-hybridized carbons (Fsp3) is 0.529. The van der Waals surface area contributed by atoms with Crippen LogP contribution in [0.2, 0.25) is 0 Å². The summed E-state index contributed by atoms with van der Waals surface area (Å²) in [7, 11) is 0. The van der Waals surface area contributed by atoms with E-state index in [-0.39, 0.29) is 18.5 Å². The molecule has 1 unspecified atom stereocenters. The molecule has 1 atom stereocenters. The molecular formula is C17H23F2N3O3. The van der Waals surface area contributed by atoms with E-state index in [2.05, 4.69) is 5.32 Å². The third-order valence-corrected chi connectivity index (χ3v) is 4.41. The van der Waals surface area contributed by atoms with Gasteiger partial charge in [-0.3, -0.25) is 9.69 Å². The predicted octanol–water partition coefficient (Wildman–Crippen LogP) is 2.22. The average Bonchev–Trinajstić information content (AvgIpc) is 2.58. The number of halogens is 2. The van der Waals surface area contributed by atoms with Crippen LogP contribution in [0.4, 0.5) is 13.6 Å². The highest BCUT2D eigenvalue weighted by atomic mass is 19.1. The number of carbonyl (C=O) groups excluding carboxylic acids is 1. The molecule has 8 heteroatoms. The van der Waals surface area contributed by atoms with E-state index in [4.69, 9.17) is 5.11 Å². The van der Waals surface area contributed by atoms with Gasteiger partial charge in [-0.25, -0.2) is 13.6 Å². The number of urea groups is 1. The van der Waals surface area contributed by atoms with Gasteiger partial charge in [0.05, 0.1) is 0 Å². The van der Waals surface area contributed by atoms with E-state index < -0.39 is 17.6 Å². The maximum Gasteiger partial charge on any atom is 0.317 e. The van der Waals surface area contributed by atoms with Crippen molar-refractivity contribution in [2.45, 2.75) is 25.8 Å². The molecule has 1 aliphatic rings. The van der Waals surface area contributed by atoms with Crippen LogP contribution < -0.4 is 5.32 Å². The average molecular weight is 355 g/mol. The normalized spacial score (nSPS) is 16.5. The molecular weight excluding hydrogens is 332 g/mol. The Morgan fingerprint density at radius 2 is 1.92 bits per heavy atom. The summed E-state index contributed by atoms with van der Waals surface area (Å²) in [5.41, 5.74) is 0.438. The van der Waals surface area contributed by atoms with Gasteiger partial charge in [0, 0.05) is 56.8 Å². The number of piperazine rings is 1. The monoisotopic (exact) mass is 355 g/mol. The predicted molar refractivity (Wildman–Crippen MR) is 88.2 cm³/mol. The van der Waals surface area contributed by atoms with Gasteiger partial charge in [-0.15, -0.1) is 0 Å². The third kappa shape index (κ3) is 5.38. The van der Waals surface area contributed by atoms with E-state index in [1.165, 1.54) is 12.1 Å². The SMILES string of the molecule is CC(c1ccc(F)cc1F)N1CCN(C(=O)NCCCC(=O)O)CC1. The highest BCUT2D eigenvalue weighted by molar-refractivity contribution is 5.74. The zero-order valence-electron chi connectivity index (χ0n) is 14.2. The molecule has 1 fully saturated rings. The summed E-state index contributed by atoms with van der Waals surface area (Å²) in [5, 5.41) is 11.3. The minimum atomic E-state index is -0.884. The van der Waals surface area contributed by atoms with Crippen molar-refractivity contribution in [2.75, 3.05) is 32.7 Å². The first-order valence-electron chi connectivity index (χ1n) is 8.32. The van der Waals surface area contributed by atoms with E-state index in [0.29, 0.717) is 44.7 Å². The van der Waals surface area contributed by atoms with E-state index in [0.717, 1.165) is 6.07 Å². The third-order valence-electron chi connectivity index (χ3n) is 4.41. The van der Waals surface area contributed by atoms with Gasteiger partial charge in [-0.05, 0) is 19.4 Å². The molecule has 0 bridgehead atoms. The highest BCUT2D eigenvalue weighted by Crippen LogP contribution is 2.24. The molecule has 1 heterocycles. The molecule has 1 aliphatic heterocycles. The lowest BCUT2D eigenvalue weighted by molar-refractivity contribution is -0.137. The van der Waals surface area contributed by atoms with Crippen molar-refractivity contribution < 1.29 is 23.5 Å². The summed E-state index contributed by atoms with van der Waals surface area (Å²) in [4.78, 5) is 26.2. The molecule has 2 rings (SSSR count). The molecule has 0 aromatic heterocycles. The summed E-state index contributed by atoms with van der Waals surface area (Å²) in [6, 6.07) is 3.16. The van der Waals surface area contributed by atoms with Crippen molar-refractivity contribution in [3.63, 3.8) is 0 Å². The first-order chi connectivity index (χ1) is 11.9. The van der Waals surface area contributed by atoms with Crippen LogP contribution in [-0.4, -0.2) is 59.6 Å². The van der Waals surface area contributed by atoms with Gasteiger partial charge in [0.15, 0.2) is 0 Å². The van der Waals surface area contributed by atoms with Crippen molar-refractivity contribution in [1.29, 1.82) is 0 Å². The van der Waals surface area contributed by atoms with Crippen molar-refractivity contribution in [1.82, 2.24) is 15.1 Å². The first-order valence-corrected chi connectivity index (χ1v) is 8.32. The van der Waals surface area contributed by atoms with Crippen LogP contribution in [-0.2, 0) is 4.79 Å². The molecule has 0 aliphatic carbocycles. The molecule has 0 spiro atoms. The van der Waals surface area contributed by atoms with Crippen LogP contribution in [0.3, 0.4) is 0 Å². The van der Waals surface area contributed by atoms with Crippen molar-refractivity contribution in [3.8, 4) is 0 Å². The van der Waals surface area contributed by atoms with Gasteiger partial charge in [-0.1, -0.05) is 6.07 Å². The first kappa shape index (κ1) is 19.1. The van der Waals surface area contributed by atoms with Gasteiger partial charge in [-0.2, -0.15) is 0 Å². The summed E-state index contributed by atoms with van der Waals surface area (Å²) < 4.78 is 26.9. The van der Waals surface area contributed by atoms with Gasteiger partial charge < -0.3 is 15.3 Å². The van der Waals surface area contributed by atoms with Gasteiger partial charge in [0.1, 0.15) is 11.6 Å².